The average molecular weight is 400 g/mol. The molecule has 2 unspecified atom stereocenters. The van der Waals surface area contributed by atoms with Crippen molar-refractivity contribution in [3.63, 3.8) is 0 Å². The molecule has 29 heavy (non-hydrogen) atoms. The van der Waals surface area contributed by atoms with E-state index in [9.17, 15) is 19.8 Å². The van der Waals surface area contributed by atoms with Gasteiger partial charge < -0.3 is 24.7 Å². The first-order valence-corrected chi connectivity index (χ1v) is 9.75. The molecular weight excluding hydrogens is 376 g/mol. The van der Waals surface area contributed by atoms with Gasteiger partial charge in [-0.1, -0.05) is 12.1 Å². The molecule has 0 spiro atoms. The lowest BCUT2D eigenvalue weighted by Gasteiger charge is -2.32. The smallest absolute Gasteiger partial charge is 0.307 e. The van der Waals surface area contributed by atoms with Crippen molar-refractivity contribution >= 4 is 28.8 Å². The first kappa shape index (κ1) is 19.4. The Balaban J connectivity index is 1.63. The summed E-state index contributed by atoms with van der Waals surface area (Å²) in [6.45, 7) is 3.44. The zero-order chi connectivity index (χ0) is 20.5. The predicted octanol–water partition coefficient (Wildman–Crippen LogP) is 1.32. The summed E-state index contributed by atoms with van der Waals surface area (Å²) in [5.41, 5.74) is 0.744. The van der Waals surface area contributed by atoms with E-state index in [0.29, 0.717) is 11.8 Å². The van der Waals surface area contributed by atoms with E-state index < -0.39 is 29.9 Å². The Kier molecular flexibility index (Phi) is 5.23. The standard InChI is InChI=1S/C20H24N4O5/c1-23-6-8-24(9-7-23)20-21-16-5-3-2-4-13(16)17(22-20)29-12-10-14(18(25)26)15(11-12)19(27)28/h2-5,12,14-15H,6-11H2,1H3,(H,25,26)(H,27,28). The van der Waals surface area contributed by atoms with Gasteiger partial charge in [0.25, 0.3) is 0 Å². The molecule has 9 nitrogen and oxygen atoms in total. The fourth-order valence-corrected chi connectivity index (χ4v) is 4.06. The Hall–Kier alpha value is -2.94. The minimum absolute atomic E-state index is 0.147. The second-order valence-electron chi connectivity index (χ2n) is 7.74. The van der Waals surface area contributed by atoms with Crippen LogP contribution in [-0.4, -0.2) is 76.4 Å². The van der Waals surface area contributed by atoms with Crippen molar-refractivity contribution in [3.05, 3.63) is 24.3 Å². The van der Waals surface area contributed by atoms with E-state index >= 15 is 0 Å². The number of carboxylic acids is 2. The largest absolute Gasteiger partial charge is 0.481 e. The van der Waals surface area contributed by atoms with Crippen molar-refractivity contribution in [3.8, 4) is 5.88 Å². The van der Waals surface area contributed by atoms with Gasteiger partial charge in [-0.05, 0) is 32.0 Å². The van der Waals surface area contributed by atoms with Crippen LogP contribution in [-0.2, 0) is 9.59 Å². The summed E-state index contributed by atoms with van der Waals surface area (Å²) in [6.07, 6.45) is -0.223. The maximum absolute atomic E-state index is 11.5. The normalized spacial score (nSPS) is 25.3. The molecule has 2 aliphatic rings. The fourth-order valence-electron chi connectivity index (χ4n) is 4.06. The second kappa shape index (κ2) is 7.82. The van der Waals surface area contributed by atoms with E-state index in [2.05, 4.69) is 26.8 Å². The third kappa shape index (κ3) is 3.95. The summed E-state index contributed by atoms with van der Waals surface area (Å²) in [7, 11) is 2.07. The van der Waals surface area contributed by atoms with Crippen molar-refractivity contribution in [2.24, 2.45) is 11.8 Å². The molecule has 2 N–H and O–H groups in total. The van der Waals surface area contributed by atoms with Crippen molar-refractivity contribution in [1.82, 2.24) is 14.9 Å². The highest BCUT2D eigenvalue weighted by Crippen LogP contribution is 2.36. The minimum Gasteiger partial charge on any atom is -0.481 e. The molecule has 2 atom stereocenters. The Bertz CT molecular complexity index is 906. The highest BCUT2D eigenvalue weighted by molar-refractivity contribution is 5.85. The summed E-state index contributed by atoms with van der Waals surface area (Å²) >= 11 is 0. The Morgan fingerprint density at radius 2 is 1.62 bits per heavy atom. The quantitative estimate of drug-likeness (QED) is 0.766. The van der Waals surface area contributed by atoms with Crippen LogP contribution in [0.2, 0.25) is 0 Å². The van der Waals surface area contributed by atoms with Gasteiger partial charge in [0.15, 0.2) is 0 Å². The van der Waals surface area contributed by atoms with Crippen LogP contribution in [0.5, 0.6) is 5.88 Å². The molecule has 4 rings (SSSR count). The van der Waals surface area contributed by atoms with Crippen molar-refractivity contribution in [1.29, 1.82) is 0 Å². The van der Waals surface area contributed by atoms with Crippen LogP contribution in [0, 0.1) is 11.8 Å². The first-order valence-electron chi connectivity index (χ1n) is 9.75. The highest BCUT2D eigenvalue weighted by Gasteiger charge is 2.44. The van der Waals surface area contributed by atoms with Crippen LogP contribution >= 0.6 is 0 Å². The van der Waals surface area contributed by atoms with Crippen LogP contribution in [0.1, 0.15) is 12.8 Å². The number of anilines is 1. The number of hydrogen-bond donors (Lipinski definition) is 2. The van der Waals surface area contributed by atoms with E-state index in [4.69, 9.17) is 4.74 Å². The molecule has 1 saturated carbocycles. The van der Waals surface area contributed by atoms with Gasteiger partial charge in [0.2, 0.25) is 11.8 Å². The lowest BCUT2D eigenvalue weighted by molar-refractivity contribution is -0.152. The summed E-state index contributed by atoms with van der Waals surface area (Å²) in [4.78, 5) is 36.6. The number of fused-ring (bicyclic) bond motifs is 1. The van der Waals surface area contributed by atoms with Crippen molar-refractivity contribution in [2.75, 3.05) is 38.1 Å². The molecule has 2 fully saturated rings. The number of piperazine rings is 1. The lowest BCUT2D eigenvalue weighted by Crippen LogP contribution is -2.45. The van der Waals surface area contributed by atoms with Crippen LogP contribution in [0.15, 0.2) is 24.3 Å². The number of aliphatic carboxylic acids is 2. The van der Waals surface area contributed by atoms with Gasteiger partial charge in [-0.25, -0.2) is 4.98 Å². The Labute approximate surface area is 167 Å². The van der Waals surface area contributed by atoms with E-state index in [1.807, 2.05) is 24.3 Å². The molecule has 2 aromatic rings. The number of nitrogens with zero attached hydrogens (tertiary/aromatic N) is 4. The molecule has 154 valence electrons. The number of para-hydroxylation sites is 1. The fraction of sp³-hybridized carbons (Fsp3) is 0.500. The topological polar surface area (TPSA) is 116 Å². The van der Waals surface area contributed by atoms with Gasteiger partial charge in [0.1, 0.15) is 6.10 Å². The van der Waals surface area contributed by atoms with Gasteiger partial charge in [-0.2, -0.15) is 4.98 Å². The zero-order valence-corrected chi connectivity index (χ0v) is 16.2. The number of carbonyl (C=O) groups is 2. The number of likely N-dealkylation sites (N-methyl/N-ethyl adjacent to an activating group) is 1. The van der Waals surface area contributed by atoms with Crippen LogP contribution in [0.25, 0.3) is 10.9 Å². The van der Waals surface area contributed by atoms with Crippen molar-refractivity contribution in [2.45, 2.75) is 18.9 Å². The maximum atomic E-state index is 11.5. The molecule has 9 heteroatoms. The van der Waals surface area contributed by atoms with E-state index in [0.717, 1.165) is 37.1 Å². The monoisotopic (exact) mass is 400 g/mol. The zero-order valence-electron chi connectivity index (χ0n) is 16.2. The van der Waals surface area contributed by atoms with Crippen LogP contribution in [0.3, 0.4) is 0 Å². The Morgan fingerprint density at radius 1 is 1.00 bits per heavy atom. The molecule has 1 aliphatic heterocycles. The second-order valence-corrected chi connectivity index (χ2v) is 7.74. The summed E-state index contributed by atoms with van der Waals surface area (Å²) in [6, 6.07) is 7.50. The van der Waals surface area contributed by atoms with Gasteiger partial charge in [-0.3, -0.25) is 9.59 Å². The number of carboxylic acid groups (broad SMARTS) is 2. The molecule has 0 amide bonds. The summed E-state index contributed by atoms with van der Waals surface area (Å²) in [5.74, 6) is -3.16. The number of rotatable bonds is 5. The minimum atomic E-state index is -1.10. The molecular formula is C20H24N4O5. The molecule has 0 bridgehead atoms. The molecule has 0 radical (unpaired) electrons. The van der Waals surface area contributed by atoms with E-state index in [1.54, 1.807) is 0 Å². The number of aromatic nitrogens is 2. The summed E-state index contributed by atoms with van der Waals surface area (Å²) < 4.78 is 6.09. The Morgan fingerprint density at radius 3 is 2.24 bits per heavy atom. The molecule has 2 heterocycles. The SMILES string of the molecule is CN1CCN(c2nc(OC3CC(C(=O)O)C(C(=O)O)C3)c3ccccc3n2)CC1. The van der Waals surface area contributed by atoms with Gasteiger partial charge in [0.05, 0.1) is 22.7 Å². The van der Waals surface area contributed by atoms with Crippen LogP contribution in [0.4, 0.5) is 5.95 Å². The summed E-state index contributed by atoms with van der Waals surface area (Å²) in [5, 5.41) is 19.5. The van der Waals surface area contributed by atoms with E-state index in [1.165, 1.54) is 0 Å². The highest BCUT2D eigenvalue weighted by atomic mass is 16.5. The van der Waals surface area contributed by atoms with Crippen LogP contribution < -0.4 is 9.64 Å². The number of ether oxygens (including phenoxy) is 1. The third-order valence-electron chi connectivity index (χ3n) is 5.77. The number of hydrogen-bond acceptors (Lipinski definition) is 7. The average Bonchev–Trinajstić information content (AvgIpc) is 3.13. The third-order valence-corrected chi connectivity index (χ3v) is 5.77. The van der Waals surface area contributed by atoms with E-state index in [-0.39, 0.29) is 12.8 Å². The molecule has 1 aromatic heterocycles. The van der Waals surface area contributed by atoms with Gasteiger partial charge >= 0.3 is 11.9 Å². The maximum Gasteiger partial charge on any atom is 0.307 e. The number of benzene rings is 1. The van der Waals surface area contributed by atoms with Gasteiger partial charge in [0, 0.05) is 26.2 Å². The van der Waals surface area contributed by atoms with Crippen molar-refractivity contribution < 1.29 is 24.5 Å². The molecule has 1 aromatic carbocycles. The van der Waals surface area contributed by atoms with Gasteiger partial charge in [-0.15, -0.1) is 0 Å². The lowest BCUT2D eigenvalue weighted by atomic mass is 9.97. The molecule has 1 saturated heterocycles. The molecule has 1 aliphatic carbocycles. The predicted molar refractivity (Wildman–Crippen MR) is 105 cm³/mol. The first-order chi connectivity index (χ1) is 13.9.